The predicted molar refractivity (Wildman–Crippen MR) is 53.9 cm³/mol. The number of pyridine rings is 1. The minimum absolute atomic E-state index is 0.526. The third kappa shape index (κ3) is 2.99. The summed E-state index contributed by atoms with van der Waals surface area (Å²) in [5.41, 5.74) is -1.15. The molecule has 0 aliphatic carbocycles. The molecule has 1 aromatic rings. The Hall–Kier alpha value is -1.06. The van der Waals surface area contributed by atoms with Crippen molar-refractivity contribution in [3.63, 3.8) is 0 Å². The number of hydrogen-bond donors (Lipinski definition) is 0. The minimum Gasteiger partial charge on any atom is -0.358 e. The second-order valence-electron chi connectivity index (χ2n) is 2.68. The molecule has 0 radical (unpaired) electrons. The summed E-state index contributed by atoms with van der Waals surface area (Å²) in [5, 5.41) is 8.72. The Morgan fingerprint density at radius 3 is 2.35 bits per heavy atom. The molecule has 0 aliphatic heterocycles. The molecule has 1 aromatic heterocycles. The van der Waals surface area contributed by atoms with E-state index in [1.807, 2.05) is 0 Å². The fourth-order valence-corrected chi connectivity index (χ4v) is 1.98. The van der Waals surface area contributed by atoms with Gasteiger partial charge in [0.2, 0.25) is 0 Å². The average Bonchev–Trinajstić information content (AvgIpc) is 2.13. The van der Waals surface area contributed by atoms with Crippen LogP contribution in [-0.2, 0) is 9.05 Å². The molecule has 0 N–H and O–H groups in total. The molecule has 0 atom stereocenters. The number of rotatable bonds is 3. The monoisotopic (exact) mass is 306 g/mol. The second-order valence-corrected chi connectivity index (χ2v) is 5.60. The highest BCUT2D eigenvalue weighted by Gasteiger charge is 2.31. The Morgan fingerprint density at radius 1 is 1.47 bits per heavy atom. The molecule has 0 aliphatic rings. The van der Waals surface area contributed by atoms with Crippen molar-refractivity contribution in [2.24, 2.45) is 0 Å². The lowest BCUT2D eigenvalue weighted by Crippen LogP contribution is -2.05. The molecule has 0 spiro atoms. The molecular formula is C6H2Cl2F2N2O4S. The normalized spacial score (nSPS) is 11.8. The summed E-state index contributed by atoms with van der Waals surface area (Å²) in [6, 6.07) is 0.526. The summed E-state index contributed by atoms with van der Waals surface area (Å²) in [6.45, 7) is 0. The quantitative estimate of drug-likeness (QED) is 0.486. The van der Waals surface area contributed by atoms with Crippen LogP contribution in [-0.4, -0.2) is 18.3 Å². The zero-order valence-corrected chi connectivity index (χ0v) is 9.93. The van der Waals surface area contributed by atoms with Crippen molar-refractivity contribution in [2.45, 2.75) is 11.5 Å². The molecule has 0 fully saturated rings. The highest BCUT2D eigenvalue weighted by atomic mass is 35.7. The van der Waals surface area contributed by atoms with Crippen molar-refractivity contribution < 1.29 is 22.1 Å². The number of alkyl halides is 2. The minimum atomic E-state index is -4.40. The van der Waals surface area contributed by atoms with Gasteiger partial charge in [-0.15, -0.1) is 0 Å². The SMILES string of the molecule is O=[N+]([O-])c1nc(S(=O)(=O)Cl)cc(Cl)c1C(F)F. The van der Waals surface area contributed by atoms with Gasteiger partial charge in [-0.1, -0.05) is 11.6 Å². The maximum Gasteiger partial charge on any atom is 0.375 e. The first-order valence-corrected chi connectivity index (χ1v) is 6.41. The number of halogens is 4. The van der Waals surface area contributed by atoms with Gasteiger partial charge in [0.1, 0.15) is 5.56 Å². The molecule has 0 bridgehead atoms. The molecule has 0 saturated heterocycles. The van der Waals surface area contributed by atoms with Gasteiger partial charge < -0.3 is 10.1 Å². The number of nitrogens with zero attached hydrogens (tertiary/aromatic N) is 2. The summed E-state index contributed by atoms with van der Waals surface area (Å²) in [7, 11) is 0.484. The summed E-state index contributed by atoms with van der Waals surface area (Å²) < 4.78 is 46.7. The van der Waals surface area contributed by atoms with Gasteiger partial charge in [0, 0.05) is 16.7 Å². The summed E-state index contributed by atoms with van der Waals surface area (Å²) in [4.78, 5) is 12.1. The van der Waals surface area contributed by atoms with Gasteiger partial charge >= 0.3 is 14.9 Å². The molecule has 17 heavy (non-hydrogen) atoms. The molecular weight excluding hydrogens is 305 g/mol. The largest absolute Gasteiger partial charge is 0.375 e. The van der Waals surface area contributed by atoms with E-state index < -0.39 is 41.8 Å². The number of hydrogen-bond acceptors (Lipinski definition) is 5. The fourth-order valence-electron chi connectivity index (χ4n) is 0.956. The van der Waals surface area contributed by atoms with Crippen LogP contribution in [0.3, 0.4) is 0 Å². The maximum absolute atomic E-state index is 12.5. The van der Waals surface area contributed by atoms with Gasteiger partial charge in [-0.2, -0.15) is 0 Å². The Bertz CT molecular complexity index is 578. The molecule has 0 amide bonds. The Labute approximate surface area is 103 Å². The van der Waals surface area contributed by atoms with Crippen LogP contribution in [0.1, 0.15) is 12.0 Å². The second kappa shape index (κ2) is 4.67. The lowest BCUT2D eigenvalue weighted by atomic mass is 10.2. The van der Waals surface area contributed by atoms with Gasteiger partial charge in [-0.3, -0.25) is 0 Å². The van der Waals surface area contributed by atoms with Crippen molar-refractivity contribution in [1.29, 1.82) is 0 Å². The average molecular weight is 307 g/mol. The molecule has 94 valence electrons. The van der Waals surface area contributed by atoms with Gasteiger partial charge in [0.15, 0.2) is 0 Å². The van der Waals surface area contributed by atoms with E-state index in [0.29, 0.717) is 6.07 Å². The van der Waals surface area contributed by atoms with Crippen molar-refractivity contribution in [1.82, 2.24) is 4.98 Å². The number of aromatic nitrogens is 1. The van der Waals surface area contributed by atoms with Crippen LogP contribution in [0.5, 0.6) is 0 Å². The third-order valence-corrected chi connectivity index (χ3v) is 3.10. The van der Waals surface area contributed by atoms with E-state index in [9.17, 15) is 27.3 Å². The first-order valence-electron chi connectivity index (χ1n) is 3.72. The van der Waals surface area contributed by atoms with Crippen LogP contribution < -0.4 is 0 Å². The van der Waals surface area contributed by atoms with Crippen LogP contribution in [0.4, 0.5) is 14.6 Å². The Kier molecular flexibility index (Phi) is 3.84. The summed E-state index contributed by atoms with van der Waals surface area (Å²) >= 11 is 5.33. The van der Waals surface area contributed by atoms with Crippen LogP contribution in [0, 0.1) is 10.1 Å². The van der Waals surface area contributed by atoms with Crippen molar-refractivity contribution in [2.75, 3.05) is 0 Å². The van der Waals surface area contributed by atoms with E-state index in [1.54, 1.807) is 0 Å². The third-order valence-electron chi connectivity index (χ3n) is 1.61. The lowest BCUT2D eigenvalue weighted by Gasteiger charge is -2.04. The van der Waals surface area contributed by atoms with Gasteiger partial charge in [0.05, 0.1) is 5.02 Å². The van der Waals surface area contributed by atoms with Crippen molar-refractivity contribution in [3.05, 3.63) is 26.8 Å². The smallest absolute Gasteiger partial charge is 0.358 e. The summed E-state index contributed by atoms with van der Waals surface area (Å²) in [5.74, 6) is -1.34. The highest BCUT2D eigenvalue weighted by Crippen LogP contribution is 2.35. The van der Waals surface area contributed by atoms with Gasteiger partial charge in [0.25, 0.3) is 11.5 Å². The maximum atomic E-state index is 12.5. The van der Waals surface area contributed by atoms with Crippen LogP contribution in [0.15, 0.2) is 11.1 Å². The molecule has 0 saturated carbocycles. The van der Waals surface area contributed by atoms with E-state index in [-0.39, 0.29) is 0 Å². The number of nitro groups is 1. The van der Waals surface area contributed by atoms with Gasteiger partial charge in [-0.05, 0) is 9.91 Å². The fraction of sp³-hybridized carbons (Fsp3) is 0.167. The zero-order valence-electron chi connectivity index (χ0n) is 7.60. The van der Waals surface area contributed by atoms with Crippen LogP contribution in [0.2, 0.25) is 5.02 Å². The molecule has 0 aromatic carbocycles. The molecule has 11 heteroatoms. The van der Waals surface area contributed by atoms with E-state index >= 15 is 0 Å². The standard InChI is InChI=1S/C6H2Cl2F2N2O4S/c7-2-1-3(17(8,15)16)11-6(12(13)14)4(2)5(9)10/h1,5H. The molecule has 1 heterocycles. The van der Waals surface area contributed by atoms with Crippen LogP contribution in [0.25, 0.3) is 0 Å². The molecule has 0 unspecified atom stereocenters. The first kappa shape index (κ1) is 14.0. The molecule has 6 nitrogen and oxygen atoms in total. The van der Waals surface area contributed by atoms with E-state index in [2.05, 4.69) is 4.98 Å². The van der Waals surface area contributed by atoms with E-state index in [4.69, 9.17) is 22.3 Å². The van der Waals surface area contributed by atoms with Gasteiger partial charge in [-0.25, -0.2) is 17.2 Å². The van der Waals surface area contributed by atoms with E-state index in [0.717, 1.165) is 0 Å². The Morgan fingerprint density at radius 2 is 2.00 bits per heavy atom. The molecule has 1 rings (SSSR count). The lowest BCUT2D eigenvalue weighted by molar-refractivity contribution is -0.391. The van der Waals surface area contributed by atoms with E-state index in [1.165, 1.54) is 0 Å². The van der Waals surface area contributed by atoms with Crippen LogP contribution >= 0.6 is 22.3 Å². The van der Waals surface area contributed by atoms with Crippen molar-refractivity contribution in [3.8, 4) is 0 Å². The summed E-state index contributed by atoms with van der Waals surface area (Å²) in [6.07, 6.45) is -3.26. The topological polar surface area (TPSA) is 90.2 Å². The predicted octanol–water partition coefficient (Wildman–Crippen LogP) is 2.51. The van der Waals surface area contributed by atoms with Crippen molar-refractivity contribution >= 4 is 37.2 Å². The Balaban J connectivity index is 3.64. The first-order chi connectivity index (χ1) is 7.64. The highest BCUT2D eigenvalue weighted by molar-refractivity contribution is 8.13. The zero-order chi connectivity index (χ0) is 13.4.